The van der Waals surface area contributed by atoms with Crippen LogP contribution >= 0.6 is 11.8 Å². The maximum atomic E-state index is 9.16. The molecule has 0 amide bonds. The molecule has 1 atom stereocenters. The van der Waals surface area contributed by atoms with Crippen molar-refractivity contribution >= 4 is 11.8 Å². The van der Waals surface area contributed by atoms with Crippen LogP contribution in [0.5, 0.6) is 0 Å². The van der Waals surface area contributed by atoms with Gasteiger partial charge < -0.3 is 5.11 Å². The Hall–Kier alpha value is -0.470. The molecule has 14 heavy (non-hydrogen) atoms. The smallest absolute Gasteiger partial charge is 0.0497 e. The minimum absolute atomic E-state index is 0.227. The Morgan fingerprint density at radius 3 is 2.64 bits per heavy atom. The molecule has 0 heterocycles. The summed E-state index contributed by atoms with van der Waals surface area (Å²) in [5.41, 5.74) is 2.68. The van der Waals surface area contributed by atoms with Gasteiger partial charge in [0.05, 0.1) is 0 Å². The van der Waals surface area contributed by atoms with Crippen LogP contribution in [0, 0.1) is 0 Å². The van der Waals surface area contributed by atoms with E-state index in [1.807, 2.05) is 0 Å². The van der Waals surface area contributed by atoms with Crippen LogP contribution < -0.4 is 0 Å². The van der Waals surface area contributed by atoms with Gasteiger partial charge in [-0.05, 0) is 29.9 Å². The highest BCUT2D eigenvalue weighted by atomic mass is 32.2. The lowest BCUT2D eigenvalue weighted by atomic mass is 9.95. The molecular weight excluding hydrogens is 192 g/mol. The molecular formula is C12H18OS. The largest absolute Gasteiger partial charge is 0.396 e. The van der Waals surface area contributed by atoms with E-state index in [1.165, 1.54) is 16.0 Å². The molecule has 2 heteroatoms. The number of aliphatic hydroxyl groups excluding tert-OH is 1. The third kappa shape index (κ3) is 2.31. The molecule has 0 radical (unpaired) electrons. The van der Waals surface area contributed by atoms with E-state index in [2.05, 4.69) is 38.3 Å². The van der Waals surface area contributed by atoms with Gasteiger partial charge in [0.2, 0.25) is 0 Å². The molecule has 0 saturated carbocycles. The Kier molecular flexibility index (Phi) is 4.49. The molecule has 0 bridgehead atoms. The molecule has 1 unspecified atom stereocenters. The van der Waals surface area contributed by atoms with Crippen molar-refractivity contribution in [2.24, 2.45) is 0 Å². The number of hydrogen-bond acceptors (Lipinski definition) is 2. The summed E-state index contributed by atoms with van der Waals surface area (Å²) in [4.78, 5) is 1.34. The van der Waals surface area contributed by atoms with Crippen molar-refractivity contribution < 1.29 is 5.11 Å². The van der Waals surface area contributed by atoms with Crippen LogP contribution in [0.3, 0.4) is 0 Å². The van der Waals surface area contributed by atoms with E-state index in [0.717, 1.165) is 6.42 Å². The quantitative estimate of drug-likeness (QED) is 0.771. The summed E-state index contributed by atoms with van der Waals surface area (Å²) in [5.74, 6) is 0.247. The highest BCUT2D eigenvalue weighted by Crippen LogP contribution is 2.28. The van der Waals surface area contributed by atoms with Crippen molar-refractivity contribution in [3.05, 3.63) is 29.3 Å². The molecule has 0 saturated heterocycles. The summed E-state index contributed by atoms with van der Waals surface area (Å²) < 4.78 is 0. The van der Waals surface area contributed by atoms with Gasteiger partial charge in [0.15, 0.2) is 0 Å². The molecule has 0 aliphatic rings. The van der Waals surface area contributed by atoms with Crippen LogP contribution in [0.15, 0.2) is 23.1 Å². The van der Waals surface area contributed by atoms with Crippen molar-refractivity contribution in [1.29, 1.82) is 0 Å². The first-order chi connectivity index (χ1) is 6.74. The molecule has 78 valence electrons. The fourth-order valence-corrected chi connectivity index (χ4v) is 2.44. The van der Waals surface area contributed by atoms with Crippen LogP contribution in [-0.2, 0) is 6.42 Å². The van der Waals surface area contributed by atoms with Crippen molar-refractivity contribution in [3.8, 4) is 0 Å². The SMILES string of the molecule is CCc1c(SC)cccc1C(C)CO. The average molecular weight is 210 g/mol. The fourth-order valence-electron chi connectivity index (χ4n) is 1.71. The van der Waals surface area contributed by atoms with Crippen molar-refractivity contribution in [1.82, 2.24) is 0 Å². The van der Waals surface area contributed by atoms with Gasteiger partial charge in [0.25, 0.3) is 0 Å². The Balaban J connectivity index is 3.14. The summed E-state index contributed by atoms with van der Waals surface area (Å²) in [5, 5.41) is 9.16. The third-order valence-corrected chi connectivity index (χ3v) is 3.37. The van der Waals surface area contributed by atoms with Gasteiger partial charge in [-0.3, -0.25) is 0 Å². The zero-order valence-electron chi connectivity index (χ0n) is 9.08. The standard InChI is InChI=1S/C12H18OS/c1-4-10-11(9(2)8-13)6-5-7-12(10)14-3/h5-7,9,13H,4,8H2,1-3H3. The topological polar surface area (TPSA) is 20.2 Å². The first kappa shape index (κ1) is 11.6. The van der Waals surface area contributed by atoms with Gasteiger partial charge in [-0.15, -0.1) is 11.8 Å². The normalized spacial score (nSPS) is 12.9. The number of hydrogen-bond donors (Lipinski definition) is 1. The molecule has 1 nitrogen and oxygen atoms in total. The lowest BCUT2D eigenvalue weighted by Gasteiger charge is -2.16. The fraction of sp³-hybridized carbons (Fsp3) is 0.500. The van der Waals surface area contributed by atoms with Gasteiger partial charge in [-0.25, -0.2) is 0 Å². The van der Waals surface area contributed by atoms with Gasteiger partial charge >= 0.3 is 0 Å². The number of thioether (sulfide) groups is 1. The van der Waals surface area contributed by atoms with E-state index < -0.39 is 0 Å². The second-order valence-electron chi connectivity index (χ2n) is 3.47. The summed E-state index contributed by atoms with van der Waals surface area (Å²) in [6.45, 7) is 4.46. The second kappa shape index (κ2) is 5.42. The summed E-state index contributed by atoms with van der Waals surface area (Å²) in [6, 6.07) is 6.35. The molecule has 0 aromatic heterocycles. The summed E-state index contributed by atoms with van der Waals surface area (Å²) in [7, 11) is 0. The number of aliphatic hydroxyl groups is 1. The Morgan fingerprint density at radius 1 is 1.43 bits per heavy atom. The van der Waals surface area contributed by atoms with E-state index >= 15 is 0 Å². The van der Waals surface area contributed by atoms with Gasteiger partial charge in [0.1, 0.15) is 0 Å². The molecule has 0 aliphatic heterocycles. The van der Waals surface area contributed by atoms with Crippen molar-refractivity contribution in [2.75, 3.05) is 12.9 Å². The monoisotopic (exact) mass is 210 g/mol. The molecule has 0 fully saturated rings. The Labute approximate surface area is 90.5 Å². The maximum Gasteiger partial charge on any atom is 0.0497 e. The van der Waals surface area contributed by atoms with Gasteiger partial charge in [0, 0.05) is 17.4 Å². The van der Waals surface area contributed by atoms with E-state index in [4.69, 9.17) is 5.11 Å². The molecule has 1 rings (SSSR count). The Bertz CT molecular complexity index is 296. The second-order valence-corrected chi connectivity index (χ2v) is 4.31. The Morgan fingerprint density at radius 2 is 2.14 bits per heavy atom. The summed E-state index contributed by atoms with van der Waals surface area (Å²) in [6.07, 6.45) is 3.14. The minimum atomic E-state index is 0.227. The highest BCUT2D eigenvalue weighted by molar-refractivity contribution is 7.98. The van der Waals surface area contributed by atoms with Crippen molar-refractivity contribution in [2.45, 2.75) is 31.1 Å². The predicted molar refractivity (Wildman–Crippen MR) is 63.1 cm³/mol. The molecule has 0 spiro atoms. The number of benzene rings is 1. The molecule has 1 N–H and O–H groups in total. The third-order valence-electron chi connectivity index (χ3n) is 2.55. The molecule has 1 aromatic carbocycles. The lowest BCUT2D eigenvalue weighted by Crippen LogP contribution is -2.03. The van der Waals surface area contributed by atoms with E-state index in [9.17, 15) is 0 Å². The van der Waals surface area contributed by atoms with Gasteiger partial charge in [-0.1, -0.05) is 26.0 Å². The van der Waals surface area contributed by atoms with E-state index in [0.29, 0.717) is 0 Å². The lowest BCUT2D eigenvalue weighted by molar-refractivity contribution is 0.272. The predicted octanol–water partition coefficient (Wildman–Crippen LogP) is 3.07. The van der Waals surface area contributed by atoms with E-state index in [-0.39, 0.29) is 12.5 Å². The highest BCUT2D eigenvalue weighted by Gasteiger charge is 2.11. The van der Waals surface area contributed by atoms with Crippen LogP contribution in [0.25, 0.3) is 0 Å². The zero-order valence-corrected chi connectivity index (χ0v) is 9.90. The van der Waals surface area contributed by atoms with Crippen LogP contribution in [0.2, 0.25) is 0 Å². The van der Waals surface area contributed by atoms with Crippen molar-refractivity contribution in [3.63, 3.8) is 0 Å². The molecule has 1 aromatic rings. The van der Waals surface area contributed by atoms with Crippen LogP contribution in [-0.4, -0.2) is 18.0 Å². The van der Waals surface area contributed by atoms with Crippen LogP contribution in [0.1, 0.15) is 30.9 Å². The van der Waals surface area contributed by atoms with E-state index in [1.54, 1.807) is 11.8 Å². The molecule has 0 aliphatic carbocycles. The summed E-state index contributed by atoms with van der Waals surface area (Å²) >= 11 is 1.78. The number of rotatable bonds is 4. The maximum absolute atomic E-state index is 9.16. The minimum Gasteiger partial charge on any atom is -0.396 e. The first-order valence-electron chi connectivity index (χ1n) is 5.01. The first-order valence-corrected chi connectivity index (χ1v) is 6.23. The zero-order chi connectivity index (χ0) is 10.6. The van der Waals surface area contributed by atoms with Crippen LogP contribution in [0.4, 0.5) is 0 Å². The average Bonchev–Trinajstić information content (AvgIpc) is 2.26. The van der Waals surface area contributed by atoms with Gasteiger partial charge in [-0.2, -0.15) is 0 Å².